The van der Waals surface area contributed by atoms with Crippen molar-refractivity contribution in [2.24, 2.45) is 0 Å². The summed E-state index contributed by atoms with van der Waals surface area (Å²) in [5.74, 6) is 0.00198. The van der Waals surface area contributed by atoms with Crippen molar-refractivity contribution in [3.05, 3.63) is 53.3 Å². The van der Waals surface area contributed by atoms with E-state index in [1.54, 1.807) is 17.8 Å². The fourth-order valence-corrected chi connectivity index (χ4v) is 6.98. The Morgan fingerprint density at radius 3 is 2.96 bits per heavy atom. The van der Waals surface area contributed by atoms with Crippen LogP contribution < -0.4 is 0 Å². The van der Waals surface area contributed by atoms with E-state index in [0.29, 0.717) is 11.9 Å². The van der Waals surface area contributed by atoms with Gasteiger partial charge in [-0.15, -0.1) is 11.3 Å². The van der Waals surface area contributed by atoms with Crippen LogP contribution in [0.5, 0.6) is 0 Å². The van der Waals surface area contributed by atoms with Crippen LogP contribution in [0, 0.1) is 5.82 Å². The number of aryl methyl sites for hydroxylation is 1. The predicted molar refractivity (Wildman–Crippen MR) is 112 cm³/mol. The molecule has 2 atom stereocenters. The molecule has 2 heterocycles. The van der Waals surface area contributed by atoms with E-state index in [1.165, 1.54) is 28.5 Å². The maximum absolute atomic E-state index is 13.9. The third-order valence-electron chi connectivity index (χ3n) is 6.39. The molecular formula is C22H21FN2OS2. The molecule has 2 aliphatic rings. The summed E-state index contributed by atoms with van der Waals surface area (Å²) in [6.07, 6.45) is 3.52. The molecular weight excluding hydrogens is 391 g/mol. The molecule has 144 valence electrons. The van der Waals surface area contributed by atoms with Crippen LogP contribution in [-0.4, -0.2) is 28.9 Å². The molecule has 1 aliphatic carbocycles. The van der Waals surface area contributed by atoms with Crippen LogP contribution in [0.1, 0.15) is 37.3 Å². The number of carbonyl (C=O) groups excluding carboxylic acids is 1. The SMILES string of the molecule is CN1C(=O)CC[C@]2(C)c3ccc(Sc4nc5c(F)cccc5s4)cc3CCC12. The number of carbonyl (C=O) groups is 1. The summed E-state index contributed by atoms with van der Waals surface area (Å²) in [6.45, 7) is 2.31. The summed E-state index contributed by atoms with van der Waals surface area (Å²) in [7, 11) is 1.95. The molecule has 1 saturated heterocycles. The van der Waals surface area contributed by atoms with Crippen LogP contribution >= 0.6 is 23.1 Å². The Morgan fingerprint density at radius 2 is 2.14 bits per heavy atom. The van der Waals surface area contributed by atoms with Crippen molar-refractivity contribution in [3.63, 3.8) is 0 Å². The van der Waals surface area contributed by atoms with Gasteiger partial charge in [0.2, 0.25) is 5.91 Å². The Kier molecular flexibility index (Phi) is 4.25. The first-order chi connectivity index (χ1) is 13.5. The molecule has 3 nitrogen and oxygen atoms in total. The van der Waals surface area contributed by atoms with Gasteiger partial charge in [-0.25, -0.2) is 9.37 Å². The maximum Gasteiger partial charge on any atom is 0.222 e. The molecule has 0 radical (unpaired) electrons. The van der Waals surface area contributed by atoms with Crippen molar-refractivity contribution in [1.82, 2.24) is 9.88 Å². The van der Waals surface area contributed by atoms with Crippen LogP contribution in [-0.2, 0) is 16.6 Å². The topological polar surface area (TPSA) is 33.2 Å². The molecule has 1 aromatic heterocycles. The number of hydrogen-bond donors (Lipinski definition) is 0. The van der Waals surface area contributed by atoms with Crippen LogP contribution in [0.2, 0.25) is 0 Å². The van der Waals surface area contributed by atoms with Gasteiger partial charge in [-0.3, -0.25) is 4.79 Å². The number of likely N-dealkylation sites (tertiary alicyclic amines) is 1. The summed E-state index contributed by atoms with van der Waals surface area (Å²) in [4.78, 5) is 19.7. The lowest BCUT2D eigenvalue weighted by atomic mass is 9.63. The molecule has 3 aromatic rings. The van der Waals surface area contributed by atoms with Crippen molar-refractivity contribution in [1.29, 1.82) is 0 Å². The van der Waals surface area contributed by atoms with Crippen LogP contribution in [0.3, 0.4) is 0 Å². The zero-order chi connectivity index (χ0) is 19.5. The summed E-state index contributed by atoms with van der Waals surface area (Å²) < 4.78 is 15.7. The number of halogens is 1. The van der Waals surface area contributed by atoms with E-state index >= 15 is 0 Å². The Hall–Kier alpha value is -1.92. The average molecular weight is 413 g/mol. The van der Waals surface area contributed by atoms with E-state index in [4.69, 9.17) is 0 Å². The number of nitrogens with zero attached hydrogens (tertiary/aromatic N) is 2. The summed E-state index contributed by atoms with van der Waals surface area (Å²) in [5, 5.41) is 0. The normalized spacial score (nSPS) is 24.3. The van der Waals surface area contributed by atoms with E-state index in [0.717, 1.165) is 33.2 Å². The quantitative estimate of drug-likeness (QED) is 0.564. The zero-order valence-electron chi connectivity index (χ0n) is 15.9. The highest BCUT2D eigenvalue weighted by atomic mass is 32.2. The fourth-order valence-electron chi connectivity index (χ4n) is 4.87. The molecule has 0 N–H and O–H groups in total. The van der Waals surface area contributed by atoms with Crippen molar-refractivity contribution in [2.45, 2.75) is 53.3 Å². The van der Waals surface area contributed by atoms with Crippen LogP contribution in [0.25, 0.3) is 10.2 Å². The number of benzene rings is 2. The third-order valence-corrected chi connectivity index (χ3v) is 8.46. The molecule has 1 amide bonds. The number of para-hydroxylation sites is 1. The lowest BCUT2D eigenvalue weighted by molar-refractivity contribution is -0.138. The molecule has 0 spiro atoms. The Bertz CT molecular complexity index is 1100. The minimum atomic E-state index is -0.263. The largest absolute Gasteiger partial charge is 0.342 e. The van der Waals surface area contributed by atoms with Gasteiger partial charge in [0.25, 0.3) is 0 Å². The number of hydrogen-bond acceptors (Lipinski definition) is 4. The number of amides is 1. The summed E-state index contributed by atoms with van der Waals surface area (Å²) >= 11 is 3.13. The van der Waals surface area contributed by atoms with Gasteiger partial charge in [-0.2, -0.15) is 0 Å². The first kappa shape index (κ1) is 18.1. The van der Waals surface area contributed by atoms with E-state index in [2.05, 4.69) is 30.1 Å². The minimum Gasteiger partial charge on any atom is -0.342 e. The molecule has 1 fully saturated rings. The first-order valence-corrected chi connectivity index (χ1v) is 11.2. The molecule has 1 aliphatic heterocycles. The zero-order valence-corrected chi connectivity index (χ0v) is 17.5. The Labute approximate surface area is 172 Å². The highest BCUT2D eigenvalue weighted by Gasteiger charge is 2.46. The molecule has 1 unspecified atom stereocenters. The standard InChI is InChI=1S/C22H21FN2OS2/c1-22-11-10-19(26)25(2)18(22)9-6-13-12-14(7-8-15(13)22)27-21-24-20-16(23)4-3-5-17(20)28-21/h3-5,7-8,12,18H,6,9-11H2,1-2H3/t18?,22-/m1/s1. The third kappa shape index (κ3) is 2.77. The summed E-state index contributed by atoms with van der Waals surface area (Å²) in [5.41, 5.74) is 3.23. The highest BCUT2D eigenvalue weighted by Crippen LogP contribution is 2.47. The molecule has 0 bridgehead atoms. The molecule has 5 rings (SSSR count). The molecule has 2 aromatic carbocycles. The maximum atomic E-state index is 13.9. The minimum absolute atomic E-state index is 0.0262. The fraction of sp³-hybridized carbons (Fsp3) is 0.364. The monoisotopic (exact) mass is 412 g/mol. The Balaban J connectivity index is 1.46. The van der Waals surface area contributed by atoms with E-state index < -0.39 is 0 Å². The second kappa shape index (κ2) is 6.56. The molecule has 0 saturated carbocycles. The molecule has 6 heteroatoms. The van der Waals surface area contributed by atoms with Crippen molar-refractivity contribution < 1.29 is 9.18 Å². The highest BCUT2D eigenvalue weighted by molar-refractivity contribution is 8.01. The number of aromatic nitrogens is 1. The van der Waals surface area contributed by atoms with Gasteiger partial charge in [-0.1, -0.05) is 30.8 Å². The summed E-state index contributed by atoms with van der Waals surface area (Å²) in [6, 6.07) is 12.0. The van der Waals surface area contributed by atoms with Gasteiger partial charge in [-0.05, 0) is 54.7 Å². The molecule has 28 heavy (non-hydrogen) atoms. The van der Waals surface area contributed by atoms with Crippen LogP contribution in [0.15, 0.2) is 45.6 Å². The van der Waals surface area contributed by atoms with E-state index in [9.17, 15) is 9.18 Å². The van der Waals surface area contributed by atoms with Crippen molar-refractivity contribution >= 4 is 39.2 Å². The number of fused-ring (bicyclic) bond motifs is 4. The van der Waals surface area contributed by atoms with Gasteiger partial charge in [0.15, 0.2) is 4.34 Å². The van der Waals surface area contributed by atoms with Gasteiger partial charge in [0.05, 0.1) is 4.70 Å². The van der Waals surface area contributed by atoms with Gasteiger partial charge in [0.1, 0.15) is 11.3 Å². The average Bonchev–Trinajstić information content (AvgIpc) is 3.09. The smallest absolute Gasteiger partial charge is 0.222 e. The van der Waals surface area contributed by atoms with Crippen molar-refractivity contribution in [2.75, 3.05) is 7.05 Å². The van der Waals surface area contributed by atoms with E-state index in [-0.39, 0.29) is 23.2 Å². The van der Waals surface area contributed by atoms with Crippen LogP contribution in [0.4, 0.5) is 4.39 Å². The second-order valence-electron chi connectivity index (χ2n) is 7.96. The van der Waals surface area contributed by atoms with Crippen molar-refractivity contribution in [3.8, 4) is 0 Å². The number of thiazole rings is 1. The first-order valence-electron chi connectivity index (χ1n) is 9.58. The van der Waals surface area contributed by atoms with Gasteiger partial charge >= 0.3 is 0 Å². The lowest BCUT2D eigenvalue weighted by Crippen LogP contribution is -2.56. The Morgan fingerprint density at radius 1 is 1.29 bits per heavy atom. The van der Waals surface area contributed by atoms with Gasteiger partial charge in [0, 0.05) is 29.8 Å². The number of piperidine rings is 1. The van der Waals surface area contributed by atoms with E-state index in [1.807, 2.05) is 18.0 Å². The van der Waals surface area contributed by atoms with Gasteiger partial charge < -0.3 is 4.90 Å². The number of likely N-dealkylation sites (N-methyl/N-ethyl adjacent to an activating group) is 1. The predicted octanol–water partition coefficient (Wildman–Crippen LogP) is 5.41. The second-order valence-corrected chi connectivity index (χ2v) is 10.3. The lowest BCUT2D eigenvalue weighted by Gasteiger charge is -2.50. The number of rotatable bonds is 2.